The van der Waals surface area contributed by atoms with Crippen LogP contribution in [0.3, 0.4) is 0 Å². The molecule has 0 fully saturated rings. The Hall–Kier alpha value is 1.33. The van der Waals surface area contributed by atoms with Gasteiger partial charge in [-0.25, -0.2) is 0 Å². The van der Waals surface area contributed by atoms with Crippen LogP contribution in [-0.2, 0) is 0 Å². The van der Waals surface area contributed by atoms with Crippen molar-refractivity contribution < 1.29 is 0 Å². The van der Waals surface area contributed by atoms with Crippen molar-refractivity contribution >= 4 is 34.8 Å². The third-order valence-corrected chi connectivity index (χ3v) is 7.73. The van der Waals surface area contributed by atoms with E-state index < -0.39 is 0 Å². The summed E-state index contributed by atoms with van der Waals surface area (Å²) in [6.07, 6.45) is 0. The molecule has 0 bridgehead atoms. The highest BCUT2D eigenvalue weighted by atomic mass is 127. The molecule has 0 N–H and O–H groups in total. The average molecular weight is 203 g/mol. The van der Waals surface area contributed by atoms with Gasteiger partial charge < -0.3 is 0 Å². The van der Waals surface area contributed by atoms with Crippen LogP contribution in [0.1, 0.15) is 0 Å². The van der Waals surface area contributed by atoms with Crippen LogP contribution in [0, 0.1) is 0 Å². The van der Waals surface area contributed by atoms with E-state index in [1.165, 1.54) is 5.90 Å². The van der Waals surface area contributed by atoms with Crippen LogP contribution in [0.25, 0.3) is 0 Å². The summed E-state index contributed by atoms with van der Waals surface area (Å²) in [5.41, 5.74) is 0. The van der Waals surface area contributed by atoms with Crippen LogP contribution in [0.2, 0.25) is 0 Å². The van der Waals surface area contributed by atoms with Crippen LogP contribution >= 0.6 is 34.8 Å². The van der Waals surface area contributed by atoms with Crippen LogP contribution in [0.5, 0.6) is 0 Å². The third-order valence-electron chi connectivity index (χ3n) is 0.248. The SMILES string of the molecule is I[P+]1=PC1. The molecular weight excluding hydrogens is 201 g/mol. The van der Waals surface area contributed by atoms with Gasteiger partial charge in [-0.2, -0.15) is 0 Å². The van der Waals surface area contributed by atoms with Gasteiger partial charge >= 0.3 is 0 Å². The molecule has 1 aliphatic rings. The molecule has 0 saturated carbocycles. The van der Waals surface area contributed by atoms with E-state index in [-0.39, 0.29) is 0 Å². The first-order chi connectivity index (χ1) is 1.89. The number of hydrogen-bond donors (Lipinski definition) is 0. The lowest BCUT2D eigenvalue weighted by atomic mass is 11.9. The fraction of sp³-hybridized carbons (Fsp3) is 1.00. The van der Waals surface area contributed by atoms with E-state index in [1.807, 2.05) is 0 Å². The van der Waals surface area contributed by atoms with Crippen LogP contribution < -0.4 is 0 Å². The Morgan fingerprint density at radius 3 is 2.25 bits per heavy atom. The predicted octanol–water partition coefficient (Wildman–Crippen LogP) is 2.65. The van der Waals surface area contributed by atoms with Gasteiger partial charge in [-0.3, -0.25) is 0 Å². The summed E-state index contributed by atoms with van der Waals surface area (Å²) >= 11 is 2.51. The Morgan fingerprint density at radius 1 is 2.00 bits per heavy atom. The molecule has 1 heterocycles. The molecule has 0 saturated heterocycles. The zero-order valence-electron chi connectivity index (χ0n) is 1.98. The maximum Gasteiger partial charge on any atom is 0.233 e. The highest BCUT2D eigenvalue weighted by molar-refractivity contribution is 14.2. The molecule has 0 radical (unpaired) electrons. The summed E-state index contributed by atoms with van der Waals surface area (Å²) in [5, 5.41) is 0. The van der Waals surface area contributed by atoms with E-state index in [4.69, 9.17) is 0 Å². The molecule has 22 valence electrons. The van der Waals surface area contributed by atoms with Crippen molar-refractivity contribution in [2.45, 2.75) is 0 Å². The van der Waals surface area contributed by atoms with Gasteiger partial charge in [-0.15, -0.1) is 0 Å². The summed E-state index contributed by atoms with van der Waals surface area (Å²) in [4.78, 5) is 0.572. The Labute approximate surface area is 40.8 Å². The first kappa shape index (κ1) is 3.52. The summed E-state index contributed by atoms with van der Waals surface area (Å²) < 4.78 is 0. The molecule has 1 atom stereocenters. The van der Waals surface area contributed by atoms with E-state index in [0.717, 1.165) is 0 Å². The third kappa shape index (κ3) is 0.964. The zero-order chi connectivity index (χ0) is 2.99. The Morgan fingerprint density at radius 2 is 2.25 bits per heavy atom. The molecule has 0 aromatic rings. The summed E-state index contributed by atoms with van der Waals surface area (Å²) in [6.45, 7) is 0. The predicted molar refractivity (Wildman–Crippen MR) is 32.7 cm³/mol. The monoisotopic (exact) mass is 203 g/mol. The summed E-state index contributed by atoms with van der Waals surface area (Å²) in [6, 6.07) is 0. The van der Waals surface area contributed by atoms with Crippen molar-refractivity contribution in [3.8, 4) is 0 Å². The van der Waals surface area contributed by atoms with Gasteiger partial charge in [0, 0.05) is 0 Å². The standard InChI is InChI=1S/CH2IP2/c2-4-1-3-4/h1H2/q+1. The van der Waals surface area contributed by atoms with E-state index in [1.54, 1.807) is 7.87 Å². The fourth-order valence-electron chi connectivity index (χ4n) is 0.0239. The van der Waals surface area contributed by atoms with Crippen LogP contribution in [0.4, 0.5) is 0 Å². The number of halogens is 1. The van der Waals surface area contributed by atoms with Crippen molar-refractivity contribution in [1.29, 1.82) is 0 Å². The lowest BCUT2D eigenvalue weighted by Gasteiger charge is -1.21. The molecule has 0 amide bonds. The van der Waals surface area contributed by atoms with Crippen molar-refractivity contribution in [2.75, 3.05) is 5.90 Å². The van der Waals surface area contributed by atoms with Gasteiger partial charge in [0.15, 0.2) is 18.6 Å². The molecule has 0 nitrogen and oxygen atoms in total. The first-order valence-corrected chi connectivity index (χ1v) is 7.10. The van der Waals surface area contributed by atoms with Gasteiger partial charge in [0.1, 0.15) is 0 Å². The average Bonchev–Trinajstić information content (AvgIpc) is 1.75. The van der Waals surface area contributed by atoms with Gasteiger partial charge in [0.2, 0.25) is 22.0 Å². The van der Waals surface area contributed by atoms with Crippen molar-refractivity contribution in [3.05, 3.63) is 0 Å². The van der Waals surface area contributed by atoms with Crippen molar-refractivity contribution in [1.82, 2.24) is 0 Å². The van der Waals surface area contributed by atoms with E-state index in [0.29, 0.717) is 4.85 Å². The van der Waals surface area contributed by atoms with Gasteiger partial charge in [-0.1, -0.05) is 0 Å². The second-order valence-corrected chi connectivity index (χ2v) is 10.8. The molecule has 4 heavy (non-hydrogen) atoms. The van der Waals surface area contributed by atoms with E-state index in [9.17, 15) is 0 Å². The highest BCUT2D eigenvalue weighted by Crippen LogP contribution is 2.61. The molecule has 1 aliphatic heterocycles. The van der Waals surface area contributed by atoms with Crippen molar-refractivity contribution in [3.63, 3.8) is 0 Å². The minimum absolute atomic E-state index is 0.572. The molecule has 0 aromatic heterocycles. The van der Waals surface area contributed by atoms with Gasteiger partial charge in [0.05, 0.1) is 0 Å². The maximum absolute atomic E-state index is 2.51. The normalized spacial score (nSPS) is 32.8. The molecule has 1 rings (SSSR count). The molecule has 3 heteroatoms. The Balaban J connectivity index is 2.54. The van der Waals surface area contributed by atoms with E-state index in [2.05, 4.69) is 22.0 Å². The minimum Gasteiger partial charge on any atom is 0.181 e. The quantitative estimate of drug-likeness (QED) is 0.419. The summed E-state index contributed by atoms with van der Waals surface area (Å²) in [7, 11) is 1.72. The number of hydrogen-bond acceptors (Lipinski definition) is 0. The maximum atomic E-state index is 2.51. The Kier molecular flexibility index (Phi) is 1.05. The molecule has 0 aliphatic carbocycles. The van der Waals surface area contributed by atoms with Crippen LogP contribution in [-0.4, -0.2) is 5.90 Å². The van der Waals surface area contributed by atoms with E-state index >= 15 is 0 Å². The van der Waals surface area contributed by atoms with Gasteiger partial charge in [-0.05, 0) is 0 Å². The lowest BCUT2D eigenvalue weighted by Crippen LogP contribution is -1.07. The summed E-state index contributed by atoms with van der Waals surface area (Å²) in [5.74, 6) is 1.51. The fourth-order valence-corrected chi connectivity index (χ4v) is 4.33. The lowest BCUT2D eigenvalue weighted by molar-refractivity contribution is 2.37. The highest BCUT2D eigenvalue weighted by Gasteiger charge is 2.19. The zero-order valence-corrected chi connectivity index (χ0v) is 5.93. The topological polar surface area (TPSA) is 0 Å². The van der Waals surface area contributed by atoms with Crippen LogP contribution in [0.15, 0.2) is 0 Å². The van der Waals surface area contributed by atoms with Gasteiger partial charge in [0.25, 0.3) is 0 Å². The largest absolute Gasteiger partial charge is 0.233 e. The molecule has 0 spiro atoms. The molecule has 0 aromatic carbocycles. The second kappa shape index (κ2) is 1.20. The molecular formula is CH2IP2+. The van der Waals surface area contributed by atoms with Crippen molar-refractivity contribution in [2.24, 2.45) is 0 Å². The molecule has 1 unspecified atom stereocenters. The Bertz CT molecular complexity index is 57.1. The minimum atomic E-state index is 0.572. The smallest absolute Gasteiger partial charge is 0.181 e. The number of rotatable bonds is 0. The second-order valence-electron chi connectivity index (χ2n) is 0.619. The first-order valence-electron chi connectivity index (χ1n) is 1.00.